The SMILES string of the molecule is CN1CC[C@@H](ON)C1. The van der Waals surface area contributed by atoms with E-state index in [1.165, 1.54) is 0 Å². The van der Waals surface area contributed by atoms with E-state index in [4.69, 9.17) is 5.90 Å². The molecular weight excluding hydrogens is 104 g/mol. The second kappa shape index (κ2) is 2.44. The molecule has 8 heavy (non-hydrogen) atoms. The zero-order chi connectivity index (χ0) is 5.98. The van der Waals surface area contributed by atoms with Gasteiger partial charge in [0.1, 0.15) is 0 Å². The van der Waals surface area contributed by atoms with Gasteiger partial charge in [0, 0.05) is 13.1 Å². The van der Waals surface area contributed by atoms with Crippen LogP contribution in [-0.2, 0) is 4.84 Å². The van der Waals surface area contributed by atoms with Crippen molar-refractivity contribution in [3.8, 4) is 0 Å². The van der Waals surface area contributed by atoms with Crippen LogP contribution in [0.3, 0.4) is 0 Å². The summed E-state index contributed by atoms with van der Waals surface area (Å²) in [5.74, 6) is 4.97. The lowest BCUT2D eigenvalue weighted by atomic mass is 10.3. The molecule has 2 N–H and O–H groups in total. The van der Waals surface area contributed by atoms with Gasteiger partial charge in [-0.25, -0.2) is 5.90 Å². The van der Waals surface area contributed by atoms with Gasteiger partial charge in [-0.1, -0.05) is 0 Å². The van der Waals surface area contributed by atoms with Gasteiger partial charge in [0.05, 0.1) is 6.10 Å². The average molecular weight is 116 g/mol. The highest BCUT2D eigenvalue weighted by molar-refractivity contribution is 4.71. The predicted molar refractivity (Wildman–Crippen MR) is 31.2 cm³/mol. The van der Waals surface area contributed by atoms with Crippen molar-refractivity contribution in [2.45, 2.75) is 12.5 Å². The van der Waals surface area contributed by atoms with Crippen molar-refractivity contribution in [1.82, 2.24) is 4.90 Å². The Morgan fingerprint density at radius 2 is 2.50 bits per heavy atom. The Balaban J connectivity index is 2.22. The molecule has 1 saturated heterocycles. The first-order chi connectivity index (χ1) is 3.83. The van der Waals surface area contributed by atoms with E-state index >= 15 is 0 Å². The summed E-state index contributed by atoms with van der Waals surface area (Å²) in [5.41, 5.74) is 0. The van der Waals surface area contributed by atoms with Gasteiger partial charge in [-0.3, -0.25) is 4.84 Å². The Bertz CT molecular complexity index is 76.8. The highest BCUT2D eigenvalue weighted by Crippen LogP contribution is 2.07. The monoisotopic (exact) mass is 116 g/mol. The van der Waals surface area contributed by atoms with E-state index in [1.807, 2.05) is 0 Å². The Labute approximate surface area is 49.4 Å². The molecule has 1 atom stereocenters. The molecule has 1 aliphatic heterocycles. The van der Waals surface area contributed by atoms with Crippen LogP contribution < -0.4 is 5.90 Å². The second-order valence-corrected chi connectivity index (χ2v) is 2.31. The lowest BCUT2D eigenvalue weighted by Gasteiger charge is -2.05. The van der Waals surface area contributed by atoms with Crippen LogP contribution in [0.25, 0.3) is 0 Å². The van der Waals surface area contributed by atoms with E-state index in [-0.39, 0.29) is 6.10 Å². The first kappa shape index (κ1) is 6.01. The van der Waals surface area contributed by atoms with Crippen molar-refractivity contribution in [3.63, 3.8) is 0 Å². The van der Waals surface area contributed by atoms with Gasteiger partial charge in [-0.15, -0.1) is 0 Å². The van der Waals surface area contributed by atoms with E-state index in [0.717, 1.165) is 19.5 Å². The van der Waals surface area contributed by atoms with E-state index in [1.54, 1.807) is 0 Å². The zero-order valence-corrected chi connectivity index (χ0v) is 5.13. The van der Waals surface area contributed by atoms with Gasteiger partial charge in [0.25, 0.3) is 0 Å². The number of nitrogens with two attached hydrogens (primary N) is 1. The van der Waals surface area contributed by atoms with Gasteiger partial charge in [-0.05, 0) is 13.5 Å². The first-order valence-electron chi connectivity index (χ1n) is 2.87. The van der Waals surface area contributed by atoms with Crippen LogP contribution in [0.1, 0.15) is 6.42 Å². The van der Waals surface area contributed by atoms with Crippen LogP contribution in [0.4, 0.5) is 0 Å². The summed E-state index contributed by atoms with van der Waals surface area (Å²) >= 11 is 0. The molecule has 0 aliphatic carbocycles. The van der Waals surface area contributed by atoms with Crippen LogP contribution in [0.5, 0.6) is 0 Å². The van der Waals surface area contributed by atoms with Gasteiger partial charge in [0.15, 0.2) is 0 Å². The summed E-state index contributed by atoms with van der Waals surface area (Å²) in [4.78, 5) is 6.85. The largest absolute Gasteiger partial charge is 0.304 e. The molecular formula is C5H12N2O. The molecule has 0 aromatic rings. The molecule has 0 spiro atoms. The van der Waals surface area contributed by atoms with Gasteiger partial charge in [-0.2, -0.15) is 0 Å². The minimum absolute atomic E-state index is 0.278. The molecule has 48 valence electrons. The van der Waals surface area contributed by atoms with Gasteiger partial charge >= 0.3 is 0 Å². The van der Waals surface area contributed by atoms with Crippen LogP contribution in [0.15, 0.2) is 0 Å². The fourth-order valence-corrected chi connectivity index (χ4v) is 1.01. The van der Waals surface area contributed by atoms with E-state index < -0.39 is 0 Å². The molecule has 0 saturated carbocycles. The molecule has 1 rings (SSSR count). The minimum Gasteiger partial charge on any atom is -0.304 e. The standard InChI is InChI=1S/C5H12N2O/c1-7-3-2-5(4-7)8-6/h5H,2-4,6H2,1H3/t5-/m1/s1. The summed E-state index contributed by atoms with van der Waals surface area (Å²) in [5, 5.41) is 0. The Hall–Kier alpha value is -0.120. The van der Waals surface area contributed by atoms with Crippen molar-refractivity contribution in [2.24, 2.45) is 5.90 Å². The van der Waals surface area contributed by atoms with Crippen LogP contribution >= 0.6 is 0 Å². The highest BCUT2D eigenvalue weighted by atomic mass is 16.6. The quantitative estimate of drug-likeness (QED) is 0.473. The maximum Gasteiger partial charge on any atom is 0.0925 e. The second-order valence-electron chi connectivity index (χ2n) is 2.31. The molecule has 0 radical (unpaired) electrons. The fraction of sp³-hybridized carbons (Fsp3) is 1.00. The number of hydrogen-bond donors (Lipinski definition) is 1. The Morgan fingerprint density at radius 1 is 1.75 bits per heavy atom. The molecule has 3 nitrogen and oxygen atoms in total. The number of nitrogens with zero attached hydrogens (tertiary/aromatic N) is 1. The molecule has 0 unspecified atom stereocenters. The average Bonchev–Trinajstić information content (AvgIpc) is 2.14. The van der Waals surface area contributed by atoms with Crippen molar-refractivity contribution in [3.05, 3.63) is 0 Å². The summed E-state index contributed by atoms with van der Waals surface area (Å²) in [7, 11) is 2.07. The summed E-state index contributed by atoms with van der Waals surface area (Å²) in [6, 6.07) is 0. The first-order valence-corrected chi connectivity index (χ1v) is 2.87. The van der Waals surface area contributed by atoms with Crippen LogP contribution in [0.2, 0.25) is 0 Å². The van der Waals surface area contributed by atoms with Crippen molar-refractivity contribution < 1.29 is 4.84 Å². The maximum absolute atomic E-state index is 4.97. The molecule has 0 aromatic heterocycles. The molecule has 1 aliphatic rings. The minimum atomic E-state index is 0.278. The molecule has 0 amide bonds. The number of likely N-dealkylation sites (N-methyl/N-ethyl adjacent to an activating group) is 1. The molecule has 0 aromatic carbocycles. The van der Waals surface area contributed by atoms with Gasteiger partial charge < -0.3 is 4.90 Å². The number of likely N-dealkylation sites (tertiary alicyclic amines) is 1. The van der Waals surface area contributed by atoms with Crippen LogP contribution in [-0.4, -0.2) is 31.1 Å². The molecule has 1 heterocycles. The van der Waals surface area contributed by atoms with Crippen LogP contribution in [0, 0.1) is 0 Å². The summed E-state index contributed by atoms with van der Waals surface area (Å²) in [6.07, 6.45) is 1.35. The Kier molecular flexibility index (Phi) is 1.83. The number of hydrogen-bond acceptors (Lipinski definition) is 3. The zero-order valence-electron chi connectivity index (χ0n) is 5.13. The molecule has 1 fully saturated rings. The van der Waals surface area contributed by atoms with Crippen molar-refractivity contribution in [2.75, 3.05) is 20.1 Å². The third-order valence-corrected chi connectivity index (χ3v) is 1.54. The van der Waals surface area contributed by atoms with Gasteiger partial charge in [0.2, 0.25) is 0 Å². The van der Waals surface area contributed by atoms with Crippen molar-refractivity contribution in [1.29, 1.82) is 0 Å². The predicted octanol–water partition coefficient (Wildman–Crippen LogP) is -0.419. The summed E-state index contributed by atoms with van der Waals surface area (Å²) in [6.45, 7) is 2.10. The molecule has 0 bridgehead atoms. The van der Waals surface area contributed by atoms with E-state index in [2.05, 4.69) is 16.8 Å². The fourth-order valence-electron chi connectivity index (χ4n) is 1.01. The van der Waals surface area contributed by atoms with E-state index in [9.17, 15) is 0 Å². The normalized spacial score (nSPS) is 31.5. The third kappa shape index (κ3) is 1.18. The highest BCUT2D eigenvalue weighted by Gasteiger charge is 2.18. The topological polar surface area (TPSA) is 38.5 Å². The smallest absolute Gasteiger partial charge is 0.0925 e. The number of rotatable bonds is 1. The van der Waals surface area contributed by atoms with E-state index in [0.29, 0.717) is 0 Å². The third-order valence-electron chi connectivity index (χ3n) is 1.54. The lowest BCUT2D eigenvalue weighted by Crippen LogP contribution is -2.21. The lowest BCUT2D eigenvalue weighted by molar-refractivity contribution is 0.0614. The van der Waals surface area contributed by atoms with Crippen molar-refractivity contribution >= 4 is 0 Å². The summed E-state index contributed by atoms with van der Waals surface area (Å²) < 4.78 is 0. The molecule has 3 heteroatoms. The Morgan fingerprint density at radius 3 is 2.75 bits per heavy atom. The maximum atomic E-state index is 4.97.